The van der Waals surface area contributed by atoms with E-state index in [1.165, 1.54) is 16.5 Å². The Morgan fingerprint density at radius 2 is 1.94 bits per heavy atom. The van der Waals surface area contributed by atoms with Crippen LogP contribution in [-0.2, 0) is 11.2 Å². The SMILES string of the molecule is COC(C)(C)CCC(CBr)Cc1ccccc1Br. The number of rotatable bonds is 7. The maximum Gasteiger partial charge on any atom is 0.0622 e. The van der Waals surface area contributed by atoms with Gasteiger partial charge in [-0.15, -0.1) is 0 Å². The Labute approximate surface area is 128 Å². The second kappa shape index (κ2) is 7.66. The summed E-state index contributed by atoms with van der Waals surface area (Å²) in [4.78, 5) is 0. The molecule has 1 unspecified atom stereocenters. The molecule has 1 aromatic rings. The minimum absolute atomic E-state index is 0.0195. The van der Waals surface area contributed by atoms with Gasteiger partial charge in [-0.2, -0.15) is 0 Å². The van der Waals surface area contributed by atoms with Crippen LogP contribution in [0.15, 0.2) is 28.7 Å². The molecule has 102 valence electrons. The summed E-state index contributed by atoms with van der Waals surface area (Å²) < 4.78 is 6.69. The molecule has 0 saturated carbocycles. The fourth-order valence-electron chi connectivity index (χ4n) is 1.86. The first-order valence-corrected chi connectivity index (χ1v) is 8.24. The summed E-state index contributed by atoms with van der Waals surface area (Å²) in [5, 5.41) is 1.04. The Kier molecular flexibility index (Phi) is 6.89. The first-order valence-electron chi connectivity index (χ1n) is 6.33. The van der Waals surface area contributed by atoms with E-state index in [4.69, 9.17) is 4.74 Å². The molecule has 0 aliphatic heterocycles. The summed E-state index contributed by atoms with van der Waals surface area (Å²) in [5.41, 5.74) is 1.37. The zero-order valence-corrected chi connectivity index (χ0v) is 14.6. The lowest BCUT2D eigenvalue weighted by atomic mass is 9.91. The number of benzene rings is 1. The summed E-state index contributed by atoms with van der Waals surface area (Å²) in [6.07, 6.45) is 3.37. The Balaban J connectivity index is 2.55. The Morgan fingerprint density at radius 3 is 2.50 bits per heavy atom. The van der Waals surface area contributed by atoms with Crippen LogP contribution in [0.1, 0.15) is 32.3 Å². The van der Waals surface area contributed by atoms with Crippen LogP contribution in [0.2, 0.25) is 0 Å². The second-order valence-corrected chi connectivity index (χ2v) is 6.82. The van der Waals surface area contributed by atoms with Crippen molar-refractivity contribution in [2.75, 3.05) is 12.4 Å². The molecule has 0 fully saturated rings. The fraction of sp³-hybridized carbons (Fsp3) is 0.600. The predicted octanol–water partition coefficient (Wildman–Crippen LogP) is 5.21. The Bertz CT molecular complexity index is 363. The van der Waals surface area contributed by atoms with E-state index in [0.717, 1.165) is 18.2 Å². The quantitative estimate of drug-likeness (QED) is 0.592. The van der Waals surface area contributed by atoms with Crippen LogP contribution in [0.4, 0.5) is 0 Å². The van der Waals surface area contributed by atoms with E-state index in [9.17, 15) is 0 Å². The van der Waals surface area contributed by atoms with Crippen molar-refractivity contribution in [3.05, 3.63) is 34.3 Å². The van der Waals surface area contributed by atoms with Gasteiger partial charge in [0.05, 0.1) is 5.60 Å². The third-order valence-electron chi connectivity index (χ3n) is 3.39. The van der Waals surface area contributed by atoms with Crippen LogP contribution in [0.5, 0.6) is 0 Å². The molecular formula is C15H22Br2O. The molecule has 0 radical (unpaired) electrons. The van der Waals surface area contributed by atoms with Crippen molar-refractivity contribution in [3.63, 3.8) is 0 Å². The minimum Gasteiger partial charge on any atom is -0.379 e. The normalized spacial score (nSPS) is 13.6. The molecule has 0 N–H and O–H groups in total. The number of hydrogen-bond acceptors (Lipinski definition) is 1. The monoisotopic (exact) mass is 376 g/mol. The van der Waals surface area contributed by atoms with Crippen LogP contribution in [0, 0.1) is 5.92 Å². The summed E-state index contributed by atoms with van der Waals surface area (Å²) >= 11 is 7.25. The van der Waals surface area contributed by atoms with Gasteiger partial charge in [0.15, 0.2) is 0 Å². The molecule has 0 saturated heterocycles. The minimum atomic E-state index is -0.0195. The van der Waals surface area contributed by atoms with Gasteiger partial charge >= 0.3 is 0 Å². The molecule has 0 aliphatic carbocycles. The maximum atomic E-state index is 5.48. The van der Waals surface area contributed by atoms with Crippen molar-refractivity contribution >= 4 is 31.9 Å². The molecule has 18 heavy (non-hydrogen) atoms. The van der Waals surface area contributed by atoms with Gasteiger partial charge in [0.2, 0.25) is 0 Å². The highest BCUT2D eigenvalue weighted by Crippen LogP contribution is 2.26. The molecule has 1 nitrogen and oxygen atoms in total. The molecule has 0 bridgehead atoms. The van der Waals surface area contributed by atoms with Gasteiger partial charge in [-0.1, -0.05) is 50.1 Å². The summed E-state index contributed by atoms with van der Waals surface area (Å²) in [6, 6.07) is 8.47. The molecule has 0 aromatic heterocycles. The van der Waals surface area contributed by atoms with Gasteiger partial charge in [0, 0.05) is 16.9 Å². The van der Waals surface area contributed by atoms with Crippen LogP contribution in [-0.4, -0.2) is 18.0 Å². The van der Waals surface area contributed by atoms with E-state index in [1.807, 2.05) is 0 Å². The Morgan fingerprint density at radius 1 is 1.28 bits per heavy atom. The summed E-state index contributed by atoms with van der Waals surface area (Å²) in [5.74, 6) is 0.651. The predicted molar refractivity (Wildman–Crippen MR) is 85.5 cm³/mol. The van der Waals surface area contributed by atoms with Crippen molar-refractivity contribution in [1.82, 2.24) is 0 Å². The third kappa shape index (κ3) is 5.41. The molecule has 0 heterocycles. The molecule has 0 spiro atoms. The van der Waals surface area contributed by atoms with E-state index < -0.39 is 0 Å². The van der Waals surface area contributed by atoms with Crippen LogP contribution >= 0.6 is 31.9 Å². The van der Waals surface area contributed by atoms with Crippen molar-refractivity contribution in [2.45, 2.75) is 38.7 Å². The lowest BCUT2D eigenvalue weighted by Gasteiger charge is -2.25. The topological polar surface area (TPSA) is 9.23 Å². The number of ether oxygens (including phenoxy) is 1. The number of halogens is 2. The highest BCUT2D eigenvalue weighted by molar-refractivity contribution is 9.10. The number of methoxy groups -OCH3 is 1. The Hall–Kier alpha value is 0.140. The zero-order valence-electron chi connectivity index (χ0n) is 11.4. The molecule has 0 amide bonds. The number of alkyl halides is 1. The smallest absolute Gasteiger partial charge is 0.0622 e. The molecule has 1 atom stereocenters. The van der Waals surface area contributed by atoms with E-state index >= 15 is 0 Å². The fourth-order valence-corrected chi connectivity index (χ4v) is 2.86. The van der Waals surface area contributed by atoms with Crippen molar-refractivity contribution in [2.24, 2.45) is 5.92 Å². The van der Waals surface area contributed by atoms with E-state index in [1.54, 1.807) is 7.11 Å². The first-order chi connectivity index (χ1) is 8.48. The van der Waals surface area contributed by atoms with Gasteiger partial charge < -0.3 is 4.74 Å². The molecule has 0 aliphatic rings. The van der Waals surface area contributed by atoms with Gasteiger partial charge in [0.1, 0.15) is 0 Å². The van der Waals surface area contributed by atoms with E-state index in [2.05, 4.69) is 70.0 Å². The van der Waals surface area contributed by atoms with Crippen LogP contribution in [0.25, 0.3) is 0 Å². The summed E-state index contributed by atoms with van der Waals surface area (Å²) in [6.45, 7) is 4.30. The lowest BCUT2D eigenvalue weighted by molar-refractivity contribution is 0.0110. The van der Waals surface area contributed by atoms with E-state index in [-0.39, 0.29) is 5.60 Å². The van der Waals surface area contributed by atoms with Crippen molar-refractivity contribution in [3.8, 4) is 0 Å². The molecule has 1 aromatic carbocycles. The van der Waals surface area contributed by atoms with Gasteiger partial charge in [0.25, 0.3) is 0 Å². The first kappa shape index (κ1) is 16.2. The third-order valence-corrected chi connectivity index (χ3v) is 5.08. The average Bonchev–Trinajstić information content (AvgIpc) is 2.36. The molecule has 3 heteroatoms. The van der Waals surface area contributed by atoms with Gasteiger partial charge in [-0.3, -0.25) is 0 Å². The average molecular weight is 378 g/mol. The highest BCUT2D eigenvalue weighted by Gasteiger charge is 2.19. The highest BCUT2D eigenvalue weighted by atomic mass is 79.9. The maximum absolute atomic E-state index is 5.48. The van der Waals surface area contributed by atoms with Crippen molar-refractivity contribution < 1.29 is 4.74 Å². The van der Waals surface area contributed by atoms with E-state index in [0.29, 0.717) is 5.92 Å². The van der Waals surface area contributed by atoms with Crippen LogP contribution in [0.3, 0.4) is 0 Å². The van der Waals surface area contributed by atoms with Gasteiger partial charge in [-0.25, -0.2) is 0 Å². The van der Waals surface area contributed by atoms with Crippen molar-refractivity contribution in [1.29, 1.82) is 0 Å². The lowest BCUT2D eigenvalue weighted by Crippen LogP contribution is -2.24. The van der Waals surface area contributed by atoms with Crippen LogP contribution < -0.4 is 0 Å². The van der Waals surface area contributed by atoms with Gasteiger partial charge in [-0.05, 0) is 50.7 Å². The number of hydrogen-bond donors (Lipinski definition) is 0. The summed E-state index contributed by atoms with van der Waals surface area (Å²) in [7, 11) is 1.79. The standard InChI is InChI=1S/C15H22Br2O/c1-15(2,18-3)9-8-12(11-16)10-13-6-4-5-7-14(13)17/h4-7,12H,8-11H2,1-3H3. The zero-order chi connectivity index (χ0) is 13.6. The molecule has 1 rings (SSSR count). The second-order valence-electron chi connectivity index (χ2n) is 5.32. The largest absolute Gasteiger partial charge is 0.379 e. The molecular weight excluding hydrogens is 356 g/mol.